The number of anilines is 1. The lowest BCUT2D eigenvalue weighted by atomic mass is 10.1. The number of nitrogens with zero attached hydrogens (tertiary/aromatic N) is 1. The molecule has 0 aliphatic heterocycles. The Morgan fingerprint density at radius 3 is 2.27 bits per heavy atom. The molecule has 0 atom stereocenters. The van der Waals surface area contributed by atoms with Gasteiger partial charge >= 0.3 is 6.09 Å². The quantitative estimate of drug-likeness (QED) is 0.800. The Hall–Kier alpha value is -2.38. The summed E-state index contributed by atoms with van der Waals surface area (Å²) in [6.45, 7) is 4.45. The first-order valence-corrected chi connectivity index (χ1v) is 9.88. The Labute approximate surface area is 154 Å². The molecule has 0 bridgehead atoms. The van der Waals surface area contributed by atoms with Crippen LogP contribution in [0.5, 0.6) is 5.75 Å². The van der Waals surface area contributed by atoms with Gasteiger partial charge in [-0.05, 0) is 48.7 Å². The average Bonchev–Trinajstić information content (AvgIpc) is 2.61. The number of carbonyl (C=O) groups excluding carboxylic acids is 1. The fraction of sp³-hybridized carbons (Fsp3) is 0.316. The third kappa shape index (κ3) is 5.57. The second-order valence-corrected chi connectivity index (χ2v) is 8.08. The molecule has 0 aliphatic rings. The number of nitrogens with one attached hydrogen (secondary N) is 1. The van der Waals surface area contributed by atoms with Gasteiger partial charge in [0.15, 0.2) is 0 Å². The highest BCUT2D eigenvalue weighted by Crippen LogP contribution is 2.18. The lowest BCUT2D eigenvalue weighted by Gasteiger charge is -2.16. The number of amides is 1. The van der Waals surface area contributed by atoms with Crippen molar-refractivity contribution in [3.63, 3.8) is 0 Å². The Bertz CT molecular complexity index is 818. The summed E-state index contributed by atoms with van der Waals surface area (Å²) in [4.78, 5) is 13.7. The molecule has 0 saturated heterocycles. The standard InChI is InChI=1S/C19H24N2O4S/c1-15(2)13-14-20-26(23,24)18-11-9-17(10-12-18)25-19(22)21(3)16-7-5-4-6-8-16/h4-12,15,20H,13-14H2,1-3H3. The first kappa shape index (κ1) is 19.9. The first-order chi connectivity index (χ1) is 12.3. The minimum absolute atomic E-state index is 0.137. The van der Waals surface area contributed by atoms with Crippen molar-refractivity contribution in [1.29, 1.82) is 0 Å². The molecule has 2 aromatic carbocycles. The molecule has 0 aliphatic carbocycles. The summed E-state index contributed by atoms with van der Waals surface area (Å²) in [5.41, 5.74) is 0.700. The van der Waals surface area contributed by atoms with Crippen molar-refractivity contribution in [2.45, 2.75) is 25.2 Å². The summed E-state index contributed by atoms with van der Waals surface area (Å²) in [6.07, 6.45) is 0.211. The fourth-order valence-electron chi connectivity index (χ4n) is 2.18. The molecule has 1 amide bonds. The number of rotatable bonds is 7. The normalized spacial score (nSPS) is 11.4. The van der Waals surface area contributed by atoms with Gasteiger partial charge in [-0.2, -0.15) is 0 Å². The summed E-state index contributed by atoms with van der Waals surface area (Å²) < 4.78 is 32.3. The van der Waals surface area contributed by atoms with Crippen LogP contribution in [0.2, 0.25) is 0 Å². The van der Waals surface area contributed by atoms with Crippen LogP contribution in [0, 0.1) is 5.92 Å². The van der Waals surface area contributed by atoms with Gasteiger partial charge in [0.2, 0.25) is 10.0 Å². The zero-order valence-corrected chi connectivity index (χ0v) is 16.0. The van der Waals surface area contributed by atoms with Crippen LogP contribution in [0.3, 0.4) is 0 Å². The van der Waals surface area contributed by atoms with E-state index >= 15 is 0 Å². The molecule has 2 aromatic rings. The molecule has 0 radical (unpaired) electrons. The van der Waals surface area contributed by atoms with E-state index in [-0.39, 0.29) is 10.6 Å². The van der Waals surface area contributed by atoms with Crippen LogP contribution in [-0.4, -0.2) is 28.1 Å². The molecule has 0 spiro atoms. The van der Waals surface area contributed by atoms with Crippen LogP contribution in [0.4, 0.5) is 10.5 Å². The minimum atomic E-state index is -3.56. The van der Waals surface area contributed by atoms with Gasteiger partial charge in [-0.15, -0.1) is 0 Å². The molecule has 26 heavy (non-hydrogen) atoms. The number of hydrogen-bond acceptors (Lipinski definition) is 4. The zero-order valence-electron chi connectivity index (χ0n) is 15.2. The van der Waals surface area contributed by atoms with E-state index in [1.807, 2.05) is 32.0 Å². The van der Waals surface area contributed by atoms with Gasteiger partial charge in [0.05, 0.1) is 4.90 Å². The highest BCUT2D eigenvalue weighted by atomic mass is 32.2. The first-order valence-electron chi connectivity index (χ1n) is 8.40. The number of para-hydroxylation sites is 1. The fourth-order valence-corrected chi connectivity index (χ4v) is 3.23. The molecule has 0 heterocycles. The lowest BCUT2D eigenvalue weighted by molar-refractivity contribution is 0.209. The van der Waals surface area contributed by atoms with Crippen LogP contribution in [0.25, 0.3) is 0 Å². The maximum atomic E-state index is 12.2. The molecule has 0 fully saturated rings. The minimum Gasteiger partial charge on any atom is -0.410 e. The second kappa shape index (κ2) is 8.82. The Morgan fingerprint density at radius 2 is 1.69 bits per heavy atom. The van der Waals surface area contributed by atoms with Crippen LogP contribution in [0.15, 0.2) is 59.5 Å². The van der Waals surface area contributed by atoms with Crippen molar-refractivity contribution in [2.75, 3.05) is 18.5 Å². The summed E-state index contributed by atoms with van der Waals surface area (Å²) in [6, 6.07) is 14.9. The third-order valence-electron chi connectivity index (χ3n) is 3.77. The van der Waals surface area contributed by atoms with Gasteiger partial charge < -0.3 is 4.74 Å². The Morgan fingerprint density at radius 1 is 1.08 bits per heavy atom. The van der Waals surface area contributed by atoms with E-state index in [0.717, 1.165) is 6.42 Å². The molecule has 7 heteroatoms. The summed E-state index contributed by atoms with van der Waals surface area (Å²) in [5.74, 6) is 0.694. The monoisotopic (exact) mass is 376 g/mol. The van der Waals surface area contributed by atoms with Gasteiger partial charge in [-0.25, -0.2) is 17.9 Å². The van der Waals surface area contributed by atoms with Crippen LogP contribution < -0.4 is 14.4 Å². The van der Waals surface area contributed by atoms with E-state index in [1.165, 1.54) is 29.2 Å². The highest BCUT2D eigenvalue weighted by molar-refractivity contribution is 7.89. The van der Waals surface area contributed by atoms with Gasteiger partial charge in [-0.1, -0.05) is 32.0 Å². The van der Waals surface area contributed by atoms with Crippen molar-refractivity contribution in [1.82, 2.24) is 4.72 Å². The van der Waals surface area contributed by atoms with E-state index in [2.05, 4.69) is 4.72 Å². The molecule has 2 rings (SSSR count). The molecular formula is C19H24N2O4S. The summed E-state index contributed by atoms with van der Waals surface area (Å²) in [5, 5.41) is 0. The zero-order chi connectivity index (χ0) is 19.2. The molecule has 140 valence electrons. The maximum Gasteiger partial charge on any atom is 0.419 e. The van der Waals surface area contributed by atoms with Crippen LogP contribution >= 0.6 is 0 Å². The number of sulfonamides is 1. The highest BCUT2D eigenvalue weighted by Gasteiger charge is 2.16. The molecule has 0 aromatic heterocycles. The van der Waals surface area contributed by atoms with Crippen molar-refractivity contribution >= 4 is 21.8 Å². The second-order valence-electron chi connectivity index (χ2n) is 6.31. The molecule has 0 saturated carbocycles. The Kier molecular flexibility index (Phi) is 6.76. The van der Waals surface area contributed by atoms with E-state index in [9.17, 15) is 13.2 Å². The van der Waals surface area contributed by atoms with Crippen LogP contribution in [0.1, 0.15) is 20.3 Å². The van der Waals surface area contributed by atoms with Crippen molar-refractivity contribution in [3.8, 4) is 5.75 Å². The van der Waals surface area contributed by atoms with E-state index < -0.39 is 16.1 Å². The van der Waals surface area contributed by atoms with Gasteiger partial charge in [0.25, 0.3) is 0 Å². The van der Waals surface area contributed by atoms with Gasteiger partial charge in [-0.3, -0.25) is 4.90 Å². The predicted octanol–water partition coefficient (Wildman–Crippen LogP) is 3.65. The van der Waals surface area contributed by atoms with E-state index in [4.69, 9.17) is 4.74 Å². The molecular weight excluding hydrogens is 352 g/mol. The van der Waals surface area contributed by atoms with Gasteiger partial charge in [0.1, 0.15) is 5.75 Å². The number of benzene rings is 2. The maximum absolute atomic E-state index is 12.2. The van der Waals surface area contributed by atoms with Gasteiger partial charge in [0, 0.05) is 19.3 Å². The number of hydrogen-bond donors (Lipinski definition) is 1. The van der Waals surface area contributed by atoms with Crippen LogP contribution in [-0.2, 0) is 10.0 Å². The lowest BCUT2D eigenvalue weighted by Crippen LogP contribution is -2.29. The Balaban J connectivity index is 1.99. The molecule has 0 unspecified atom stereocenters. The predicted molar refractivity (Wildman–Crippen MR) is 102 cm³/mol. The largest absolute Gasteiger partial charge is 0.419 e. The summed E-state index contributed by atoms with van der Waals surface area (Å²) >= 11 is 0. The summed E-state index contributed by atoms with van der Waals surface area (Å²) in [7, 11) is -1.96. The molecule has 1 N–H and O–H groups in total. The van der Waals surface area contributed by atoms with Crippen molar-refractivity contribution < 1.29 is 17.9 Å². The van der Waals surface area contributed by atoms with E-state index in [0.29, 0.717) is 18.2 Å². The topological polar surface area (TPSA) is 75.7 Å². The number of carbonyl (C=O) groups is 1. The van der Waals surface area contributed by atoms with E-state index in [1.54, 1.807) is 19.2 Å². The smallest absolute Gasteiger partial charge is 0.410 e. The average molecular weight is 376 g/mol. The molecule has 6 nitrogen and oxygen atoms in total. The number of ether oxygens (including phenoxy) is 1. The van der Waals surface area contributed by atoms with Crippen molar-refractivity contribution in [2.24, 2.45) is 5.92 Å². The van der Waals surface area contributed by atoms with Crippen molar-refractivity contribution in [3.05, 3.63) is 54.6 Å². The SMILES string of the molecule is CC(C)CCNS(=O)(=O)c1ccc(OC(=O)N(C)c2ccccc2)cc1. The third-order valence-corrected chi connectivity index (χ3v) is 5.25.